The maximum absolute atomic E-state index is 11.7. The SMILES string of the molecule is CC(=O)c1ccc(-c2nccc3[nH]c(-c4n[nH]c5ccc(-c6ccccn6)nc45)cc23)s1. The number of ketones is 1. The van der Waals surface area contributed by atoms with Crippen LogP contribution in [0.5, 0.6) is 0 Å². The first-order valence-electron chi connectivity index (χ1n) is 10.0. The smallest absolute Gasteiger partial charge is 0.169 e. The van der Waals surface area contributed by atoms with E-state index in [-0.39, 0.29) is 5.78 Å². The number of aromatic nitrogens is 6. The van der Waals surface area contributed by atoms with Crippen molar-refractivity contribution in [3.63, 3.8) is 0 Å². The zero-order valence-electron chi connectivity index (χ0n) is 17.0. The number of H-pyrrole nitrogens is 2. The minimum absolute atomic E-state index is 0.0564. The number of Topliss-reactive ketones (excluding diaryl/α,β-unsaturated/α-hetero) is 1. The van der Waals surface area contributed by atoms with Gasteiger partial charge in [-0.1, -0.05) is 6.07 Å². The van der Waals surface area contributed by atoms with Crippen molar-refractivity contribution in [1.82, 2.24) is 30.1 Å². The van der Waals surface area contributed by atoms with Gasteiger partial charge in [0.1, 0.15) is 11.2 Å². The predicted molar refractivity (Wildman–Crippen MR) is 126 cm³/mol. The predicted octanol–water partition coefficient (Wildman–Crippen LogP) is 5.49. The fourth-order valence-corrected chi connectivity index (χ4v) is 4.69. The lowest BCUT2D eigenvalue weighted by atomic mass is 10.1. The molecule has 0 aromatic carbocycles. The summed E-state index contributed by atoms with van der Waals surface area (Å²) in [7, 11) is 0. The van der Waals surface area contributed by atoms with Crippen molar-refractivity contribution in [2.75, 3.05) is 0 Å². The van der Waals surface area contributed by atoms with Crippen LogP contribution in [0.3, 0.4) is 0 Å². The molecule has 0 radical (unpaired) electrons. The van der Waals surface area contributed by atoms with Crippen molar-refractivity contribution in [2.45, 2.75) is 6.92 Å². The maximum Gasteiger partial charge on any atom is 0.169 e. The Kier molecular flexibility index (Phi) is 4.19. The molecule has 6 heterocycles. The number of nitrogens with zero attached hydrogens (tertiary/aromatic N) is 4. The summed E-state index contributed by atoms with van der Waals surface area (Å²) in [5, 5.41) is 8.56. The first-order chi connectivity index (χ1) is 15.7. The normalized spacial score (nSPS) is 11.4. The number of thiophene rings is 1. The molecule has 8 heteroatoms. The quantitative estimate of drug-likeness (QED) is 0.356. The van der Waals surface area contributed by atoms with Crippen LogP contribution in [0.4, 0.5) is 0 Å². The Hall–Kier alpha value is -4.17. The lowest BCUT2D eigenvalue weighted by molar-refractivity contribution is 0.102. The molecule has 0 aliphatic carbocycles. The van der Waals surface area contributed by atoms with Crippen molar-refractivity contribution in [1.29, 1.82) is 0 Å². The number of carbonyl (C=O) groups is 1. The zero-order valence-corrected chi connectivity index (χ0v) is 17.8. The van der Waals surface area contributed by atoms with Crippen LogP contribution < -0.4 is 0 Å². The summed E-state index contributed by atoms with van der Waals surface area (Å²) in [5.74, 6) is 0.0564. The number of fused-ring (bicyclic) bond motifs is 2. The molecule has 0 unspecified atom stereocenters. The molecule has 6 aromatic rings. The van der Waals surface area contributed by atoms with Crippen LogP contribution in [-0.2, 0) is 0 Å². The molecule has 0 amide bonds. The highest BCUT2D eigenvalue weighted by Gasteiger charge is 2.17. The number of aromatic amines is 2. The minimum Gasteiger partial charge on any atom is -0.353 e. The largest absolute Gasteiger partial charge is 0.353 e. The second kappa shape index (κ2) is 7.21. The molecule has 2 N–H and O–H groups in total. The van der Waals surface area contributed by atoms with E-state index in [1.165, 1.54) is 11.3 Å². The Balaban J connectivity index is 1.49. The molecule has 0 fully saturated rings. The Morgan fingerprint density at radius 1 is 0.906 bits per heavy atom. The Bertz CT molecular complexity index is 1610. The number of carbonyl (C=O) groups excluding carboxylic acids is 1. The van der Waals surface area contributed by atoms with Crippen LogP contribution in [0.1, 0.15) is 16.6 Å². The highest BCUT2D eigenvalue weighted by molar-refractivity contribution is 7.17. The van der Waals surface area contributed by atoms with Crippen LogP contribution in [0.15, 0.2) is 67.0 Å². The minimum atomic E-state index is 0.0564. The lowest BCUT2D eigenvalue weighted by Gasteiger charge is -2.00. The van der Waals surface area contributed by atoms with E-state index >= 15 is 0 Å². The van der Waals surface area contributed by atoms with E-state index in [4.69, 9.17) is 4.98 Å². The van der Waals surface area contributed by atoms with E-state index in [2.05, 4.69) is 25.1 Å². The lowest BCUT2D eigenvalue weighted by Crippen LogP contribution is -1.87. The number of hydrogen-bond acceptors (Lipinski definition) is 6. The van der Waals surface area contributed by atoms with Crippen LogP contribution in [-0.4, -0.2) is 35.9 Å². The molecule has 0 aliphatic heterocycles. The third-order valence-electron chi connectivity index (χ3n) is 5.32. The van der Waals surface area contributed by atoms with Gasteiger partial charge < -0.3 is 4.98 Å². The molecule has 0 saturated carbocycles. The second-order valence-corrected chi connectivity index (χ2v) is 8.49. The maximum atomic E-state index is 11.7. The third-order valence-corrected chi connectivity index (χ3v) is 6.52. The van der Waals surface area contributed by atoms with Gasteiger partial charge in [-0.25, -0.2) is 4.98 Å². The van der Waals surface area contributed by atoms with Gasteiger partial charge in [-0.3, -0.25) is 19.9 Å². The molecule has 32 heavy (non-hydrogen) atoms. The van der Waals surface area contributed by atoms with Crippen molar-refractivity contribution in [3.8, 4) is 33.3 Å². The topological polar surface area (TPSA) is 100 Å². The summed E-state index contributed by atoms with van der Waals surface area (Å²) in [6.45, 7) is 1.58. The Labute approximate surface area is 186 Å². The molecule has 0 aliphatic rings. The molecule has 6 aromatic heterocycles. The van der Waals surface area contributed by atoms with Crippen LogP contribution in [0, 0.1) is 0 Å². The van der Waals surface area contributed by atoms with Gasteiger partial charge in [0.15, 0.2) is 5.78 Å². The molecule has 7 nitrogen and oxygen atoms in total. The van der Waals surface area contributed by atoms with E-state index in [0.29, 0.717) is 0 Å². The van der Waals surface area contributed by atoms with Gasteiger partial charge in [0.2, 0.25) is 0 Å². The molecule has 0 spiro atoms. The van der Waals surface area contributed by atoms with Gasteiger partial charge in [0, 0.05) is 23.3 Å². The summed E-state index contributed by atoms with van der Waals surface area (Å²) in [5.41, 5.74) is 6.57. The molecular weight excluding hydrogens is 420 g/mol. The molecule has 0 atom stereocenters. The van der Waals surface area contributed by atoms with E-state index in [1.54, 1.807) is 19.3 Å². The van der Waals surface area contributed by atoms with Gasteiger partial charge in [0.05, 0.1) is 38.0 Å². The van der Waals surface area contributed by atoms with Crippen LogP contribution >= 0.6 is 11.3 Å². The Morgan fingerprint density at radius 2 is 1.84 bits per heavy atom. The van der Waals surface area contributed by atoms with E-state index in [0.717, 1.165) is 60.2 Å². The van der Waals surface area contributed by atoms with Gasteiger partial charge in [0.25, 0.3) is 0 Å². The van der Waals surface area contributed by atoms with E-state index in [9.17, 15) is 4.79 Å². The van der Waals surface area contributed by atoms with Gasteiger partial charge in [-0.2, -0.15) is 5.10 Å². The summed E-state index contributed by atoms with van der Waals surface area (Å²) in [6, 6.07) is 17.4. The van der Waals surface area contributed by atoms with Gasteiger partial charge >= 0.3 is 0 Å². The monoisotopic (exact) mass is 436 g/mol. The summed E-state index contributed by atoms with van der Waals surface area (Å²) >= 11 is 1.45. The first-order valence-corrected chi connectivity index (χ1v) is 10.8. The number of pyridine rings is 3. The standard InChI is InChI=1S/C24H16N6OS/c1-13(31)20-7-8-21(32-20)22-14-12-19(27-15(14)9-11-26-22)24-23-18(29-30-24)6-5-17(28-23)16-4-2-3-10-25-16/h2-12,27H,1H3,(H,29,30). The van der Waals surface area contributed by atoms with Crippen LogP contribution in [0.25, 0.3) is 55.3 Å². The van der Waals surface area contributed by atoms with Crippen molar-refractivity contribution < 1.29 is 4.79 Å². The molecular formula is C24H16N6OS. The van der Waals surface area contributed by atoms with Crippen LogP contribution in [0.2, 0.25) is 0 Å². The fourth-order valence-electron chi connectivity index (χ4n) is 3.78. The van der Waals surface area contributed by atoms with Crippen molar-refractivity contribution in [2.24, 2.45) is 0 Å². The summed E-state index contributed by atoms with van der Waals surface area (Å²) in [4.78, 5) is 30.7. The second-order valence-electron chi connectivity index (χ2n) is 7.40. The average molecular weight is 437 g/mol. The van der Waals surface area contributed by atoms with Crippen molar-refractivity contribution in [3.05, 3.63) is 71.9 Å². The summed E-state index contributed by atoms with van der Waals surface area (Å²) in [6.07, 6.45) is 3.52. The third kappa shape index (κ3) is 3.00. The molecule has 154 valence electrons. The van der Waals surface area contributed by atoms with Gasteiger partial charge in [-0.05, 0) is 55.5 Å². The first kappa shape index (κ1) is 18.6. The number of rotatable bonds is 4. The van der Waals surface area contributed by atoms with E-state index < -0.39 is 0 Å². The molecule has 6 rings (SSSR count). The summed E-state index contributed by atoms with van der Waals surface area (Å²) < 4.78 is 0. The number of nitrogens with one attached hydrogen (secondary N) is 2. The molecule has 0 bridgehead atoms. The fraction of sp³-hybridized carbons (Fsp3) is 0.0417. The average Bonchev–Trinajstić information content (AvgIpc) is 3.56. The molecule has 0 saturated heterocycles. The Morgan fingerprint density at radius 3 is 2.66 bits per heavy atom. The van der Waals surface area contributed by atoms with E-state index in [1.807, 2.05) is 54.6 Å². The zero-order chi connectivity index (χ0) is 21.7. The van der Waals surface area contributed by atoms with Gasteiger partial charge in [-0.15, -0.1) is 11.3 Å². The number of hydrogen-bond donors (Lipinski definition) is 2. The highest BCUT2D eigenvalue weighted by Crippen LogP contribution is 2.35. The highest BCUT2D eigenvalue weighted by atomic mass is 32.1. The van der Waals surface area contributed by atoms with Crippen molar-refractivity contribution >= 4 is 39.1 Å².